The zero-order valence-electron chi connectivity index (χ0n) is 10.5. The average molecular weight is 268 g/mol. The van der Waals surface area contributed by atoms with Crippen molar-refractivity contribution in [3.05, 3.63) is 34.4 Å². The minimum absolute atomic E-state index is 0.0757. The Kier molecular flexibility index (Phi) is 5.39. The van der Waals surface area contributed by atoms with Gasteiger partial charge >= 0.3 is 5.97 Å². The smallest absolute Gasteiger partial charge is 0.310 e. The SMILES string of the molecule is CCOC(=O)Cc1cc(C#N)cc(C(F)F)c1CN. The van der Waals surface area contributed by atoms with Crippen LogP contribution in [0.25, 0.3) is 0 Å². The largest absolute Gasteiger partial charge is 0.466 e. The Bertz CT molecular complexity index is 510. The minimum Gasteiger partial charge on any atom is -0.466 e. The van der Waals surface area contributed by atoms with Crippen molar-refractivity contribution in [1.82, 2.24) is 0 Å². The van der Waals surface area contributed by atoms with Crippen LogP contribution < -0.4 is 5.73 Å². The highest BCUT2D eigenvalue weighted by atomic mass is 19.3. The lowest BCUT2D eigenvalue weighted by Gasteiger charge is -2.13. The van der Waals surface area contributed by atoms with Crippen molar-refractivity contribution in [2.45, 2.75) is 26.3 Å². The monoisotopic (exact) mass is 268 g/mol. The van der Waals surface area contributed by atoms with Crippen molar-refractivity contribution < 1.29 is 18.3 Å². The fourth-order valence-electron chi connectivity index (χ4n) is 1.79. The van der Waals surface area contributed by atoms with Gasteiger partial charge in [-0.3, -0.25) is 4.79 Å². The van der Waals surface area contributed by atoms with Crippen molar-refractivity contribution >= 4 is 5.97 Å². The Labute approximate surface area is 109 Å². The molecule has 102 valence electrons. The first kappa shape index (κ1) is 15.1. The Morgan fingerprint density at radius 1 is 1.53 bits per heavy atom. The van der Waals surface area contributed by atoms with Crippen LogP contribution in [0.4, 0.5) is 8.78 Å². The van der Waals surface area contributed by atoms with Crippen LogP contribution in [0.2, 0.25) is 0 Å². The van der Waals surface area contributed by atoms with E-state index in [2.05, 4.69) is 0 Å². The molecule has 0 bridgehead atoms. The first-order valence-corrected chi connectivity index (χ1v) is 5.73. The van der Waals surface area contributed by atoms with E-state index >= 15 is 0 Å². The number of carbonyl (C=O) groups excluding carboxylic acids is 1. The molecule has 1 aromatic rings. The summed E-state index contributed by atoms with van der Waals surface area (Å²) in [5, 5.41) is 8.83. The predicted octanol–water partition coefficient (Wildman–Crippen LogP) is 2.06. The summed E-state index contributed by atoms with van der Waals surface area (Å²) in [6.45, 7) is 1.73. The summed E-state index contributed by atoms with van der Waals surface area (Å²) in [7, 11) is 0. The Hall–Kier alpha value is -2.00. The van der Waals surface area contributed by atoms with Gasteiger partial charge in [0, 0.05) is 12.1 Å². The Morgan fingerprint density at radius 3 is 2.68 bits per heavy atom. The molecule has 0 atom stereocenters. The van der Waals surface area contributed by atoms with E-state index in [1.807, 2.05) is 0 Å². The molecule has 0 aromatic heterocycles. The third-order valence-electron chi connectivity index (χ3n) is 2.59. The van der Waals surface area contributed by atoms with Gasteiger partial charge in [0.25, 0.3) is 6.43 Å². The van der Waals surface area contributed by atoms with Crippen molar-refractivity contribution in [2.75, 3.05) is 6.61 Å². The van der Waals surface area contributed by atoms with E-state index in [1.54, 1.807) is 13.0 Å². The van der Waals surface area contributed by atoms with E-state index in [0.29, 0.717) is 5.56 Å². The first-order chi connectivity index (χ1) is 9.03. The molecule has 0 spiro atoms. The maximum Gasteiger partial charge on any atom is 0.310 e. The van der Waals surface area contributed by atoms with Crippen LogP contribution >= 0.6 is 0 Å². The number of rotatable bonds is 5. The van der Waals surface area contributed by atoms with E-state index in [0.717, 1.165) is 6.07 Å². The van der Waals surface area contributed by atoms with Gasteiger partial charge in [0.15, 0.2) is 0 Å². The van der Waals surface area contributed by atoms with Crippen LogP contribution in [-0.4, -0.2) is 12.6 Å². The third kappa shape index (κ3) is 3.73. The van der Waals surface area contributed by atoms with Gasteiger partial charge in [-0.25, -0.2) is 8.78 Å². The molecule has 0 saturated carbocycles. The highest BCUT2D eigenvalue weighted by molar-refractivity contribution is 5.73. The number of hydrogen-bond acceptors (Lipinski definition) is 4. The van der Waals surface area contributed by atoms with Gasteiger partial charge in [-0.2, -0.15) is 5.26 Å². The summed E-state index contributed by atoms with van der Waals surface area (Å²) in [5.41, 5.74) is 5.74. The maximum absolute atomic E-state index is 12.9. The predicted molar refractivity (Wildman–Crippen MR) is 64.3 cm³/mol. The van der Waals surface area contributed by atoms with Crippen molar-refractivity contribution in [3.63, 3.8) is 0 Å². The molecule has 0 radical (unpaired) electrons. The minimum atomic E-state index is -2.74. The summed E-state index contributed by atoms with van der Waals surface area (Å²) in [5.74, 6) is -0.535. The molecule has 1 aromatic carbocycles. The first-order valence-electron chi connectivity index (χ1n) is 5.73. The quantitative estimate of drug-likeness (QED) is 0.829. The van der Waals surface area contributed by atoms with E-state index in [-0.39, 0.29) is 36.3 Å². The van der Waals surface area contributed by atoms with Crippen molar-refractivity contribution in [3.8, 4) is 6.07 Å². The van der Waals surface area contributed by atoms with Crippen LogP contribution in [0.1, 0.15) is 35.6 Å². The second-order valence-electron chi connectivity index (χ2n) is 3.80. The normalized spacial score (nSPS) is 10.3. The molecule has 0 saturated heterocycles. The number of carbonyl (C=O) groups is 1. The molecule has 0 amide bonds. The molecule has 6 heteroatoms. The van der Waals surface area contributed by atoms with Gasteiger partial charge in [-0.05, 0) is 30.2 Å². The zero-order valence-corrected chi connectivity index (χ0v) is 10.5. The van der Waals surface area contributed by atoms with Crippen LogP contribution in [0.15, 0.2) is 12.1 Å². The molecule has 1 rings (SSSR count). The number of benzene rings is 1. The molecular formula is C13H14F2N2O2. The molecule has 0 aliphatic heterocycles. The zero-order chi connectivity index (χ0) is 14.4. The van der Waals surface area contributed by atoms with E-state index < -0.39 is 12.4 Å². The van der Waals surface area contributed by atoms with Crippen LogP contribution in [0.5, 0.6) is 0 Å². The third-order valence-corrected chi connectivity index (χ3v) is 2.59. The number of alkyl halides is 2. The van der Waals surface area contributed by atoms with Gasteiger partial charge in [0.1, 0.15) is 0 Å². The van der Waals surface area contributed by atoms with Gasteiger partial charge in [-0.1, -0.05) is 0 Å². The van der Waals surface area contributed by atoms with Gasteiger partial charge in [0.05, 0.1) is 24.7 Å². The molecule has 0 fully saturated rings. The van der Waals surface area contributed by atoms with Crippen molar-refractivity contribution in [1.29, 1.82) is 5.26 Å². The second kappa shape index (κ2) is 6.81. The fourth-order valence-corrected chi connectivity index (χ4v) is 1.79. The lowest BCUT2D eigenvalue weighted by molar-refractivity contribution is -0.142. The summed E-state index contributed by atoms with van der Waals surface area (Å²) in [6, 6.07) is 4.29. The van der Waals surface area contributed by atoms with Crippen LogP contribution in [0, 0.1) is 11.3 Å². The number of nitriles is 1. The molecular weight excluding hydrogens is 254 g/mol. The standard InChI is InChI=1S/C13H14F2N2O2/c1-2-19-12(18)5-9-3-8(6-16)4-10(13(14)15)11(9)7-17/h3-4,13H,2,5,7,17H2,1H3. The second-order valence-corrected chi connectivity index (χ2v) is 3.80. The molecule has 19 heavy (non-hydrogen) atoms. The van der Waals surface area contributed by atoms with Crippen molar-refractivity contribution in [2.24, 2.45) is 5.73 Å². The summed E-state index contributed by atoms with van der Waals surface area (Å²) < 4.78 is 30.6. The van der Waals surface area contributed by atoms with Gasteiger partial charge < -0.3 is 10.5 Å². The summed E-state index contributed by atoms with van der Waals surface area (Å²) in [4.78, 5) is 11.4. The van der Waals surface area contributed by atoms with Crippen LogP contribution in [0.3, 0.4) is 0 Å². The lowest BCUT2D eigenvalue weighted by atomic mass is 9.96. The number of ether oxygens (including phenoxy) is 1. The average Bonchev–Trinajstić information content (AvgIpc) is 2.37. The van der Waals surface area contributed by atoms with Gasteiger partial charge in [0.2, 0.25) is 0 Å². The Balaban J connectivity index is 3.24. The topological polar surface area (TPSA) is 76.1 Å². The lowest BCUT2D eigenvalue weighted by Crippen LogP contribution is -2.13. The number of nitrogens with two attached hydrogens (primary N) is 1. The van der Waals surface area contributed by atoms with E-state index in [4.69, 9.17) is 15.7 Å². The molecule has 2 N–H and O–H groups in total. The highest BCUT2D eigenvalue weighted by Gasteiger charge is 2.19. The summed E-state index contributed by atoms with van der Waals surface area (Å²) in [6.07, 6.45) is -2.91. The Morgan fingerprint density at radius 2 is 2.21 bits per heavy atom. The molecule has 0 heterocycles. The van der Waals surface area contributed by atoms with E-state index in [9.17, 15) is 13.6 Å². The fraction of sp³-hybridized carbons (Fsp3) is 0.385. The molecule has 0 aliphatic rings. The van der Waals surface area contributed by atoms with Crippen LogP contribution in [-0.2, 0) is 22.5 Å². The number of hydrogen-bond donors (Lipinski definition) is 1. The number of nitrogens with zero attached hydrogens (tertiary/aromatic N) is 1. The molecule has 0 unspecified atom stereocenters. The summed E-state index contributed by atoms with van der Waals surface area (Å²) >= 11 is 0. The van der Waals surface area contributed by atoms with Gasteiger partial charge in [-0.15, -0.1) is 0 Å². The molecule has 0 aliphatic carbocycles. The maximum atomic E-state index is 12.9. The molecule has 4 nitrogen and oxygen atoms in total. The number of halogens is 2. The highest BCUT2D eigenvalue weighted by Crippen LogP contribution is 2.27. The number of esters is 1. The van der Waals surface area contributed by atoms with E-state index in [1.165, 1.54) is 6.07 Å².